The van der Waals surface area contributed by atoms with Crippen LogP contribution in [0, 0.1) is 0 Å². The third-order valence-electron chi connectivity index (χ3n) is 4.41. The lowest BCUT2D eigenvalue weighted by Crippen LogP contribution is -2.41. The van der Waals surface area contributed by atoms with Gasteiger partial charge in [0.1, 0.15) is 23.8 Å². The van der Waals surface area contributed by atoms with E-state index in [9.17, 15) is 13.2 Å². The lowest BCUT2D eigenvalue weighted by atomic mass is 10.1. The Morgan fingerprint density at radius 3 is 2.23 bits per heavy atom. The van der Waals surface area contributed by atoms with Gasteiger partial charge in [0.25, 0.3) is 0 Å². The molecule has 0 saturated heterocycles. The van der Waals surface area contributed by atoms with Crippen molar-refractivity contribution in [3.05, 3.63) is 48.0 Å². The van der Waals surface area contributed by atoms with E-state index in [0.29, 0.717) is 12.4 Å². The van der Waals surface area contributed by atoms with Crippen LogP contribution >= 0.6 is 0 Å². The fourth-order valence-electron chi connectivity index (χ4n) is 2.89. The van der Waals surface area contributed by atoms with E-state index in [0.717, 1.165) is 21.9 Å². The Bertz CT molecular complexity index is 960. The molecule has 30 heavy (non-hydrogen) atoms. The molecule has 0 aromatic heterocycles. The first-order valence-electron chi connectivity index (χ1n) is 9.41. The van der Waals surface area contributed by atoms with Crippen molar-refractivity contribution in [2.24, 2.45) is 0 Å². The molecule has 1 amide bonds. The number of ether oxygens (including phenoxy) is 3. The highest BCUT2D eigenvalue weighted by atomic mass is 32.2. The number of carbonyl (C=O) groups is 1. The van der Waals surface area contributed by atoms with Crippen LogP contribution in [-0.2, 0) is 14.8 Å². The van der Waals surface area contributed by atoms with Crippen molar-refractivity contribution in [2.45, 2.75) is 19.9 Å². The van der Waals surface area contributed by atoms with Crippen molar-refractivity contribution in [3.8, 4) is 17.2 Å². The van der Waals surface area contributed by atoms with Crippen molar-refractivity contribution in [1.29, 1.82) is 0 Å². The third-order valence-corrected chi connectivity index (χ3v) is 5.54. The van der Waals surface area contributed by atoms with Crippen LogP contribution in [0.5, 0.6) is 17.2 Å². The summed E-state index contributed by atoms with van der Waals surface area (Å²) in [5, 5.41) is 2.83. The molecule has 0 aliphatic rings. The Morgan fingerprint density at radius 1 is 1.07 bits per heavy atom. The zero-order valence-corrected chi connectivity index (χ0v) is 18.7. The minimum Gasteiger partial charge on any atom is -0.497 e. The monoisotopic (exact) mass is 436 g/mol. The summed E-state index contributed by atoms with van der Waals surface area (Å²) in [7, 11) is -0.820. The maximum atomic E-state index is 12.6. The SMILES string of the molecule is CCOc1ccc([C@H](C)NC(=O)CN(c2ccc(OC)cc2OC)S(C)(=O)=O)cc1. The number of benzene rings is 2. The number of rotatable bonds is 10. The van der Waals surface area contributed by atoms with Crippen LogP contribution in [0.1, 0.15) is 25.5 Å². The number of amides is 1. The van der Waals surface area contributed by atoms with Gasteiger partial charge in [0.2, 0.25) is 15.9 Å². The molecule has 0 spiro atoms. The van der Waals surface area contributed by atoms with Crippen molar-refractivity contribution in [3.63, 3.8) is 0 Å². The summed E-state index contributed by atoms with van der Waals surface area (Å²) < 4.78 is 41.6. The molecule has 1 atom stereocenters. The van der Waals surface area contributed by atoms with Crippen LogP contribution < -0.4 is 23.8 Å². The highest BCUT2D eigenvalue weighted by molar-refractivity contribution is 7.92. The van der Waals surface area contributed by atoms with Gasteiger partial charge in [-0.25, -0.2) is 8.42 Å². The van der Waals surface area contributed by atoms with Gasteiger partial charge in [-0.3, -0.25) is 9.10 Å². The van der Waals surface area contributed by atoms with E-state index in [-0.39, 0.29) is 24.0 Å². The van der Waals surface area contributed by atoms with Crippen LogP contribution in [0.25, 0.3) is 0 Å². The van der Waals surface area contributed by atoms with Gasteiger partial charge in [0.15, 0.2) is 0 Å². The molecule has 2 aromatic carbocycles. The molecule has 164 valence electrons. The lowest BCUT2D eigenvalue weighted by Gasteiger charge is -2.25. The van der Waals surface area contributed by atoms with Crippen LogP contribution in [0.3, 0.4) is 0 Å². The Kier molecular flexibility index (Phi) is 7.93. The molecule has 1 N–H and O–H groups in total. The second kappa shape index (κ2) is 10.2. The molecule has 9 heteroatoms. The third kappa shape index (κ3) is 6.03. The Balaban J connectivity index is 2.18. The molecule has 0 unspecified atom stereocenters. The van der Waals surface area contributed by atoms with Crippen molar-refractivity contribution < 1.29 is 27.4 Å². The minimum atomic E-state index is -3.74. The summed E-state index contributed by atoms with van der Waals surface area (Å²) in [6, 6.07) is 11.8. The topological polar surface area (TPSA) is 94.2 Å². The van der Waals surface area contributed by atoms with Gasteiger partial charge in [0, 0.05) is 6.07 Å². The predicted octanol–water partition coefficient (Wildman–Crippen LogP) is 2.75. The number of anilines is 1. The zero-order valence-electron chi connectivity index (χ0n) is 17.8. The molecule has 0 saturated carbocycles. The molecular formula is C21H28N2O6S. The quantitative estimate of drug-likeness (QED) is 0.616. The van der Waals surface area contributed by atoms with E-state index in [1.54, 1.807) is 18.2 Å². The minimum absolute atomic E-state index is 0.254. The van der Waals surface area contributed by atoms with Gasteiger partial charge < -0.3 is 19.5 Å². The van der Waals surface area contributed by atoms with E-state index in [1.165, 1.54) is 14.2 Å². The Hall–Kier alpha value is -2.94. The highest BCUT2D eigenvalue weighted by Gasteiger charge is 2.25. The molecule has 0 bridgehead atoms. The number of nitrogens with zero attached hydrogens (tertiary/aromatic N) is 1. The smallest absolute Gasteiger partial charge is 0.241 e. The fraction of sp³-hybridized carbons (Fsp3) is 0.381. The summed E-state index contributed by atoms with van der Waals surface area (Å²) in [4.78, 5) is 12.6. The average molecular weight is 437 g/mol. The van der Waals surface area contributed by atoms with Crippen LogP contribution in [-0.4, -0.2) is 48.0 Å². The van der Waals surface area contributed by atoms with Gasteiger partial charge >= 0.3 is 0 Å². The first-order chi connectivity index (χ1) is 14.2. The van der Waals surface area contributed by atoms with Crippen molar-refractivity contribution >= 4 is 21.6 Å². The predicted molar refractivity (Wildman–Crippen MR) is 116 cm³/mol. The average Bonchev–Trinajstić information content (AvgIpc) is 2.71. The molecule has 2 rings (SSSR count). The number of methoxy groups -OCH3 is 2. The largest absolute Gasteiger partial charge is 0.497 e. The maximum absolute atomic E-state index is 12.6. The maximum Gasteiger partial charge on any atom is 0.241 e. The van der Waals surface area contributed by atoms with E-state index in [2.05, 4.69) is 5.32 Å². The summed E-state index contributed by atoms with van der Waals surface area (Å²) in [5.74, 6) is 1.10. The molecule has 0 fully saturated rings. The van der Waals surface area contributed by atoms with Crippen LogP contribution in [0.2, 0.25) is 0 Å². The lowest BCUT2D eigenvalue weighted by molar-refractivity contribution is -0.120. The molecule has 0 radical (unpaired) electrons. The Labute approximate surface area is 177 Å². The van der Waals surface area contributed by atoms with Gasteiger partial charge in [-0.15, -0.1) is 0 Å². The van der Waals surface area contributed by atoms with E-state index in [4.69, 9.17) is 14.2 Å². The molecular weight excluding hydrogens is 408 g/mol. The summed E-state index contributed by atoms with van der Waals surface area (Å²) >= 11 is 0. The molecule has 0 aliphatic carbocycles. The summed E-state index contributed by atoms with van der Waals surface area (Å²) in [6.07, 6.45) is 1.04. The van der Waals surface area contributed by atoms with Crippen LogP contribution in [0.4, 0.5) is 5.69 Å². The number of hydrogen-bond donors (Lipinski definition) is 1. The molecule has 0 heterocycles. The molecule has 8 nitrogen and oxygen atoms in total. The van der Waals surface area contributed by atoms with E-state index >= 15 is 0 Å². The van der Waals surface area contributed by atoms with E-state index < -0.39 is 15.9 Å². The first kappa shape index (κ1) is 23.3. The fourth-order valence-corrected chi connectivity index (χ4v) is 3.75. The normalized spacial score (nSPS) is 12.0. The zero-order chi connectivity index (χ0) is 22.3. The standard InChI is InChI=1S/C21H28N2O6S/c1-6-29-17-9-7-16(8-10-17)15(2)22-21(24)14-23(30(5,25)26)19-12-11-18(27-3)13-20(19)28-4/h7-13,15H,6,14H2,1-5H3,(H,22,24)/t15-/m0/s1. The number of sulfonamides is 1. The van der Waals surface area contributed by atoms with Crippen molar-refractivity contribution in [1.82, 2.24) is 5.32 Å². The number of nitrogens with one attached hydrogen (secondary N) is 1. The Morgan fingerprint density at radius 2 is 1.70 bits per heavy atom. The number of carbonyl (C=O) groups excluding carboxylic acids is 1. The summed E-state index contributed by atoms with van der Waals surface area (Å²) in [6.45, 7) is 3.92. The second-order valence-electron chi connectivity index (χ2n) is 6.60. The second-order valence-corrected chi connectivity index (χ2v) is 8.51. The van der Waals surface area contributed by atoms with Gasteiger partial charge in [-0.2, -0.15) is 0 Å². The highest BCUT2D eigenvalue weighted by Crippen LogP contribution is 2.33. The van der Waals surface area contributed by atoms with Gasteiger partial charge in [-0.1, -0.05) is 12.1 Å². The van der Waals surface area contributed by atoms with Crippen molar-refractivity contribution in [2.75, 3.05) is 37.9 Å². The van der Waals surface area contributed by atoms with Crippen LogP contribution in [0.15, 0.2) is 42.5 Å². The molecule has 0 aliphatic heterocycles. The molecule has 2 aromatic rings. The van der Waals surface area contributed by atoms with Gasteiger partial charge in [0.05, 0.1) is 38.8 Å². The number of hydrogen-bond acceptors (Lipinski definition) is 6. The summed E-state index contributed by atoms with van der Waals surface area (Å²) in [5.41, 5.74) is 1.13. The first-order valence-corrected chi connectivity index (χ1v) is 11.3. The van der Waals surface area contributed by atoms with E-state index in [1.807, 2.05) is 38.1 Å². The van der Waals surface area contributed by atoms with Gasteiger partial charge in [-0.05, 0) is 43.7 Å².